The predicted octanol–water partition coefficient (Wildman–Crippen LogP) is 2.58. The summed E-state index contributed by atoms with van der Waals surface area (Å²) in [6.07, 6.45) is 4.79. The molecule has 0 aromatic heterocycles. The van der Waals surface area contributed by atoms with Gasteiger partial charge in [0.2, 0.25) is 5.91 Å². The monoisotopic (exact) mass is 330 g/mol. The maximum Gasteiger partial charge on any atom is 0.222 e. The molecule has 1 aromatic rings. The van der Waals surface area contributed by atoms with Crippen LogP contribution in [0.15, 0.2) is 24.3 Å². The second-order valence-corrected chi connectivity index (χ2v) is 7.66. The fourth-order valence-electron chi connectivity index (χ4n) is 4.23. The molecule has 2 saturated heterocycles. The zero-order valence-corrected chi connectivity index (χ0v) is 14.8. The molecule has 1 N–H and O–H groups in total. The van der Waals surface area contributed by atoms with Gasteiger partial charge in [0, 0.05) is 32.7 Å². The van der Waals surface area contributed by atoms with Crippen LogP contribution in [-0.2, 0) is 11.3 Å². The minimum atomic E-state index is 0.168. The highest BCUT2D eigenvalue weighted by Gasteiger charge is 2.40. The number of hydrogen-bond acceptors (Lipinski definition) is 3. The van der Waals surface area contributed by atoms with Gasteiger partial charge in [-0.2, -0.15) is 0 Å². The molecule has 2 heterocycles. The number of nitrogens with zero attached hydrogens (tertiary/aromatic N) is 2. The largest absolute Gasteiger partial charge is 0.396 e. The smallest absolute Gasteiger partial charge is 0.222 e. The van der Waals surface area contributed by atoms with E-state index in [1.165, 1.54) is 24.0 Å². The molecule has 24 heavy (non-hydrogen) atoms. The van der Waals surface area contributed by atoms with Crippen LogP contribution >= 0.6 is 0 Å². The molecule has 0 bridgehead atoms. The lowest BCUT2D eigenvalue weighted by Gasteiger charge is -2.47. The van der Waals surface area contributed by atoms with Gasteiger partial charge in [-0.1, -0.05) is 29.8 Å². The number of likely N-dealkylation sites (tertiary alicyclic amines) is 2. The zero-order valence-electron chi connectivity index (χ0n) is 14.8. The van der Waals surface area contributed by atoms with E-state index >= 15 is 0 Å². The Labute approximate surface area is 145 Å². The Balaban J connectivity index is 1.54. The van der Waals surface area contributed by atoms with Crippen molar-refractivity contribution in [3.8, 4) is 0 Å². The van der Waals surface area contributed by atoms with E-state index in [0.717, 1.165) is 32.6 Å². The van der Waals surface area contributed by atoms with Crippen LogP contribution in [0, 0.1) is 12.3 Å². The number of aliphatic hydroxyl groups is 1. The van der Waals surface area contributed by atoms with Crippen molar-refractivity contribution in [3.63, 3.8) is 0 Å². The van der Waals surface area contributed by atoms with E-state index in [4.69, 9.17) is 5.11 Å². The van der Waals surface area contributed by atoms with Gasteiger partial charge in [-0.25, -0.2) is 0 Å². The van der Waals surface area contributed by atoms with Crippen LogP contribution in [0.4, 0.5) is 0 Å². The number of rotatable bonds is 5. The van der Waals surface area contributed by atoms with Crippen LogP contribution in [0.5, 0.6) is 0 Å². The molecule has 1 spiro atoms. The molecule has 4 heteroatoms. The van der Waals surface area contributed by atoms with Crippen LogP contribution in [0.2, 0.25) is 0 Å². The predicted molar refractivity (Wildman–Crippen MR) is 95.6 cm³/mol. The number of benzene rings is 1. The average Bonchev–Trinajstić information content (AvgIpc) is 2.58. The van der Waals surface area contributed by atoms with E-state index in [1.54, 1.807) is 0 Å². The van der Waals surface area contributed by atoms with E-state index in [-0.39, 0.29) is 12.5 Å². The summed E-state index contributed by atoms with van der Waals surface area (Å²) in [7, 11) is 0. The molecule has 0 aliphatic carbocycles. The van der Waals surface area contributed by atoms with Gasteiger partial charge in [0.1, 0.15) is 0 Å². The molecule has 0 saturated carbocycles. The maximum absolute atomic E-state index is 12.1. The molecule has 1 aromatic carbocycles. The Hall–Kier alpha value is -1.39. The van der Waals surface area contributed by atoms with Crippen LogP contribution in [0.1, 0.15) is 43.2 Å². The Bertz CT molecular complexity index is 565. The van der Waals surface area contributed by atoms with Crippen LogP contribution < -0.4 is 0 Å². The number of carbonyl (C=O) groups excluding carboxylic acids is 1. The first-order chi connectivity index (χ1) is 11.6. The molecular weight excluding hydrogens is 300 g/mol. The lowest BCUT2D eigenvalue weighted by Crippen LogP contribution is -2.51. The van der Waals surface area contributed by atoms with Gasteiger partial charge in [0.25, 0.3) is 0 Å². The molecule has 3 rings (SSSR count). The molecule has 0 unspecified atom stereocenters. The third-order valence-electron chi connectivity index (χ3n) is 5.74. The van der Waals surface area contributed by atoms with Gasteiger partial charge in [0.05, 0.1) is 0 Å². The summed E-state index contributed by atoms with van der Waals surface area (Å²) in [5.41, 5.74) is 3.03. The molecule has 2 fully saturated rings. The maximum atomic E-state index is 12.1. The second kappa shape index (κ2) is 7.66. The van der Waals surface area contributed by atoms with Gasteiger partial charge in [-0.05, 0) is 56.7 Å². The first-order valence-corrected chi connectivity index (χ1v) is 9.27. The fraction of sp³-hybridized carbons (Fsp3) is 0.650. The lowest BCUT2D eigenvalue weighted by molar-refractivity contribution is -0.139. The topological polar surface area (TPSA) is 43.8 Å². The fourth-order valence-corrected chi connectivity index (χ4v) is 4.23. The molecule has 132 valence electrons. The Kier molecular flexibility index (Phi) is 5.57. The lowest BCUT2D eigenvalue weighted by atomic mass is 9.72. The van der Waals surface area contributed by atoms with E-state index < -0.39 is 0 Å². The molecule has 0 radical (unpaired) electrons. The number of piperidine rings is 2. The van der Waals surface area contributed by atoms with Crippen LogP contribution in [0.25, 0.3) is 0 Å². The number of aliphatic hydroxyl groups excluding tert-OH is 1. The summed E-state index contributed by atoms with van der Waals surface area (Å²) in [5.74, 6) is 0.274. The Morgan fingerprint density at radius 2 is 2.00 bits per heavy atom. The SMILES string of the molecule is Cc1cccc(CN2CCC3(CCC(=O)N(CCCO)C3)CC2)c1. The van der Waals surface area contributed by atoms with Crippen molar-refractivity contribution >= 4 is 5.91 Å². The summed E-state index contributed by atoms with van der Waals surface area (Å²) in [6.45, 7) is 7.20. The van der Waals surface area contributed by atoms with E-state index in [9.17, 15) is 4.79 Å². The summed E-state index contributed by atoms with van der Waals surface area (Å²) in [5, 5.41) is 9.03. The molecular formula is C20H30N2O2. The van der Waals surface area contributed by atoms with Crippen molar-refractivity contribution in [3.05, 3.63) is 35.4 Å². The number of amides is 1. The molecule has 0 atom stereocenters. The van der Waals surface area contributed by atoms with E-state index in [2.05, 4.69) is 36.1 Å². The Morgan fingerprint density at radius 1 is 1.21 bits per heavy atom. The third-order valence-corrected chi connectivity index (χ3v) is 5.74. The van der Waals surface area contributed by atoms with Crippen molar-refractivity contribution in [2.75, 3.05) is 32.8 Å². The first-order valence-electron chi connectivity index (χ1n) is 9.27. The first kappa shape index (κ1) is 17.4. The minimum absolute atomic E-state index is 0.168. The van der Waals surface area contributed by atoms with Gasteiger partial charge < -0.3 is 10.0 Å². The van der Waals surface area contributed by atoms with Crippen molar-refractivity contribution in [2.45, 2.75) is 45.6 Å². The van der Waals surface area contributed by atoms with Gasteiger partial charge >= 0.3 is 0 Å². The van der Waals surface area contributed by atoms with Crippen molar-refractivity contribution < 1.29 is 9.90 Å². The minimum Gasteiger partial charge on any atom is -0.396 e. The standard InChI is InChI=1S/C20H30N2O2/c1-17-4-2-5-18(14-17)15-21-11-8-20(9-12-21)7-6-19(24)22(16-20)10-3-13-23/h2,4-5,14,23H,3,6-13,15-16H2,1H3. The molecule has 4 nitrogen and oxygen atoms in total. The van der Waals surface area contributed by atoms with E-state index in [1.807, 2.05) is 4.90 Å². The highest BCUT2D eigenvalue weighted by Crippen LogP contribution is 2.40. The van der Waals surface area contributed by atoms with Crippen molar-refractivity contribution in [1.82, 2.24) is 9.80 Å². The van der Waals surface area contributed by atoms with Crippen LogP contribution in [0.3, 0.4) is 0 Å². The van der Waals surface area contributed by atoms with Crippen molar-refractivity contribution in [2.24, 2.45) is 5.41 Å². The van der Waals surface area contributed by atoms with Gasteiger partial charge in [-0.15, -0.1) is 0 Å². The molecule has 2 aliphatic heterocycles. The van der Waals surface area contributed by atoms with Crippen LogP contribution in [-0.4, -0.2) is 53.6 Å². The molecule has 1 amide bonds. The average molecular weight is 330 g/mol. The quantitative estimate of drug-likeness (QED) is 0.902. The Morgan fingerprint density at radius 3 is 2.71 bits per heavy atom. The summed E-state index contributed by atoms with van der Waals surface area (Å²) >= 11 is 0. The highest BCUT2D eigenvalue weighted by atomic mass is 16.3. The normalized spacial score (nSPS) is 21.4. The number of carbonyl (C=O) groups is 1. The summed E-state index contributed by atoms with van der Waals surface area (Å²) in [6, 6.07) is 8.78. The van der Waals surface area contributed by atoms with Crippen molar-refractivity contribution in [1.29, 1.82) is 0 Å². The number of hydrogen-bond donors (Lipinski definition) is 1. The van der Waals surface area contributed by atoms with Gasteiger partial charge in [-0.3, -0.25) is 9.69 Å². The zero-order chi connectivity index (χ0) is 17.0. The van der Waals surface area contributed by atoms with Gasteiger partial charge in [0.15, 0.2) is 0 Å². The number of aryl methyl sites for hydroxylation is 1. The summed E-state index contributed by atoms with van der Waals surface area (Å²) in [4.78, 5) is 16.6. The third kappa shape index (κ3) is 4.17. The summed E-state index contributed by atoms with van der Waals surface area (Å²) < 4.78 is 0. The van der Waals surface area contributed by atoms with E-state index in [0.29, 0.717) is 24.8 Å². The molecule has 2 aliphatic rings. The highest BCUT2D eigenvalue weighted by molar-refractivity contribution is 5.77. The second-order valence-electron chi connectivity index (χ2n) is 7.66.